The van der Waals surface area contributed by atoms with E-state index in [4.69, 9.17) is 11.6 Å². The van der Waals surface area contributed by atoms with Gasteiger partial charge in [-0.1, -0.05) is 11.6 Å². The minimum atomic E-state index is -0.225. The summed E-state index contributed by atoms with van der Waals surface area (Å²) in [5.41, 5.74) is 1.24. The molecule has 4 nitrogen and oxygen atoms in total. The molecule has 2 heterocycles. The molecule has 5 heteroatoms. The molecule has 2 saturated heterocycles. The summed E-state index contributed by atoms with van der Waals surface area (Å²) in [5.74, 6) is 0. The molecule has 0 saturated carbocycles. The summed E-state index contributed by atoms with van der Waals surface area (Å²) in [5, 5.41) is 14.1. The fraction of sp³-hybridized carbons (Fsp3) is 0.600. The van der Waals surface area contributed by atoms with Crippen LogP contribution in [-0.4, -0.2) is 61.4 Å². The van der Waals surface area contributed by atoms with E-state index >= 15 is 0 Å². The van der Waals surface area contributed by atoms with E-state index in [9.17, 15) is 5.11 Å². The molecule has 0 aromatic heterocycles. The molecule has 0 radical (unpaired) electrons. The van der Waals surface area contributed by atoms with E-state index in [1.165, 1.54) is 5.69 Å². The summed E-state index contributed by atoms with van der Waals surface area (Å²) < 4.78 is 0. The van der Waals surface area contributed by atoms with E-state index in [-0.39, 0.29) is 12.1 Å². The Kier molecular flexibility index (Phi) is 4.46. The van der Waals surface area contributed by atoms with Gasteiger partial charge in [0.15, 0.2) is 0 Å². The van der Waals surface area contributed by atoms with Crippen LogP contribution in [0.1, 0.15) is 6.42 Å². The number of nitrogens with one attached hydrogen (secondary N) is 1. The summed E-state index contributed by atoms with van der Waals surface area (Å²) >= 11 is 5.95. The second-order valence-corrected chi connectivity index (χ2v) is 6.08. The smallest absolute Gasteiger partial charge is 0.0831 e. The normalized spacial score (nSPS) is 28.6. The van der Waals surface area contributed by atoms with Crippen molar-refractivity contribution < 1.29 is 5.11 Å². The second kappa shape index (κ2) is 6.31. The predicted octanol–water partition coefficient (Wildman–Crippen LogP) is 1.18. The van der Waals surface area contributed by atoms with Crippen molar-refractivity contribution >= 4 is 17.3 Å². The number of benzene rings is 1. The van der Waals surface area contributed by atoms with E-state index in [0.717, 1.165) is 50.7 Å². The molecule has 2 aliphatic heterocycles. The molecule has 2 fully saturated rings. The van der Waals surface area contributed by atoms with Crippen LogP contribution in [0.2, 0.25) is 5.02 Å². The largest absolute Gasteiger partial charge is 0.390 e. The van der Waals surface area contributed by atoms with Gasteiger partial charge in [-0.3, -0.25) is 4.90 Å². The maximum absolute atomic E-state index is 10.0. The average Bonchev–Trinajstić information content (AvgIpc) is 2.74. The lowest BCUT2D eigenvalue weighted by molar-refractivity contribution is 0.0875. The fourth-order valence-electron chi connectivity index (χ4n) is 3.20. The van der Waals surface area contributed by atoms with Gasteiger partial charge in [0.1, 0.15) is 0 Å². The molecule has 2 atom stereocenters. The van der Waals surface area contributed by atoms with Crippen molar-refractivity contribution in [2.45, 2.75) is 18.6 Å². The lowest BCUT2D eigenvalue weighted by Gasteiger charge is -2.29. The Morgan fingerprint density at radius 2 is 1.85 bits per heavy atom. The van der Waals surface area contributed by atoms with E-state index in [2.05, 4.69) is 27.2 Å². The third kappa shape index (κ3) is 3.09. The van der Waals surface area contributed by atoms with Gasteiger partial charge in [0.25, 0.3) is 0 Å². The van der Waals surface area contributed by atoms with Crippen molar-refractivity contribution in [2.75, 3.05) is 44.2 Å². The third-order valence-electron chi connectivity index (χ3n) is 4.34. The third-order valence-corrected chi connectivity index (χ3v) is 4.59. The Morgan fingerprint density at radius 3 is 2.55 bits per heavy atom. The Hall–Kier alpha value is -0.810. The number of hydrogen-bond acceptors (Lipinski definition) is 4. The van der Waals surface area contributed by atoms with Gasteiger partial charge in [0.2, 0.25) is 0 Å². The maximum Gasteiger partial charge on any atom is 0.0831 e. The topological polar surface area (TPSA) is 38.7 Å². The summed E-state index contributed by atoms with van der Waals surface area (Å²) in [6.45, 7) is 5.77. The number of rotatable bonds is 2. The highest BCUT2D eigenvalue weighted by Crippen LogP contribution is 2.20. The summed E-state index contributed by atoms with van der Waals surface area (Å²) in [4.78, 5) is 4.84. The molecular formula is C15H22ClN3O. The highest BCUT2D eigenvalue weighted by atomic mass is 35.5. The number of halogens is 1. The van der Waals surface area contributed by atoms with Crippen LogP contribution in [0.15, 0.2) is 24.3 Å². The van der Waals surface area contributed by atoms with E-state index in [0.29, 0.717) is 0 Å². The number of β-amino-alcohol motifs (C(OH)–C–C–N with tert-alkyl or cyclic N) is 1. The van der Waals surface area contributed by atoms with Crippen LogP contribution in [0.3, 0.4) is 0 Å². The quantitative estimate of drug-likeness (QED) is 0.860. The molecule has 2 aliphatic rings. The molecule has 110 valence electrons. The highest BCUT2D eigenvalue weighted by molar-refractivity contribution is 6.30. The lowest BCUT2D eigenvalue weighted by Crippen LogP contribution is -2.45. The molecule has 3 rings (SSSR count). The number of aliphatic hydroxyl groups excluding tert-OH is 1. The number of hydrogen-bond donors (Lipinski definition) is 2. The number of aliphatic hydroxyl groups is 1. The van der Waals surface area contributed by atoms with Crippen LogP contribution in [0.5, 0.6) is 0 Å². The zero-order valence-corrected chi connectivity index (χ0v) is 12.4. The van der Waals surface area contributed by atoms with Crippen LogP contribution >= 0.6 is 11.6 Å². The molecule has 0 aliphatic carbocycles. The first-order chi connectivity index (χ1) is 9.74. The molecule has 0 amide bonds. The van der Waals surface area contributed by atoms with Crippen molar-refractivity contribution in [3.8, 4) is 0 Å². The standard InChI is InChI=1S/C15H22ClN3O/c16-12-2-4-13(5-3-12)18-6-1-7-19(9-8-18)14-10-17-11-15(14)20/h2-5,14-15,17,20H,1,6-11H2. The number of nitrogens with zero attached hydrogens (tertiary/aromatic N) is 2. The van der Waals surface area contributed by atoms with Crippen LogP contribution in [0.4, 0.5) is 5.69 Å². The van der Waals surface area contributed by atoms with Gasteiger partial charge >= 0.3 is 0 Å². The fourth-order valence-corrected chi connectivity index (χ4v) is 3.33. The Morgan fingerprint density at radius 1 is 1.05 bits per heavy atom. The minimum Gasteiger partial charge on any atom is -0.390 e. The Bertz CT molecular complexity index is 439. The molecule has 2 unspecified atom stereocenters. The minimum absolute atomic E-state index is 0.225. The van der Waals surface area contributed by atoms with Gasteiger partial charge < -0.3 is 15.3 Å². The molecule has 1 aromatic carbocycles. The van der Waals surface area contributed by atoms with Crippen molar-refractivity contribution in [1.82, 2.24) is 10.2 Å². The molecule has 2 N–H and O–H groups in total. The molecule has 0 spiro atoms. The van der Waals surface area contributed by atoms with Gasteiger partial charge in [-0.2, -0.15) is 0 Å². The van der Waals surface area contributed by atoms with Crippen molar-refractivity contribution in [3.05, 3.63) is 29.3 Å². The van der Waals surface area contributed by atoms with Crippen LogP contribution in [0, 0.1) is 0 Å². The van der Waals surface area contributed by atoms with E-state index < -0.39 is 0 Å². The van der Waals surface area contributed by atoms with Crippen LogP contribution in [0.25, 0.3) is 0 Å². The molecule has 0 bridgehead atoms. The van der Waals surface area contributed by atoms with Gasteiger partial charge in [0.05, 0.1) is 6.10 Å². The second-order valence-electron chi connectivity index (χ2n) is 5.65. The monoisotopic (exact) mass is 295 g/mol. The maximum atomic E-state index is 10.0. The summed E-state index contributed by atoms with van der Waals surface area (Å²) in [6, 6.07) is 8.35. The molecular weight excluding hydrogens is 274 g/mol. The average molecular weight is 296 g/mol. The zero-order chi connectivity index (χ0) is 13.9. The zero-order valence-electron chi connectivity index (χ0n) is 11.6. The van der Waals surface area contributed by atoms with Gasteiger partial charge in [-0.15, -0.1) is 0 Å². The van der Waals surface area contributed by atoms with Crippen molar-refractivity contribution in [1.29, 1.82) is 0 Å². The first-order valence-electron chi connectivity index (χ1n) is 7.37. The number of anilines is 1. The van der Waals surface area contributed by atoms with Crippen LogP contribution in [-0.2, 0) is 0 Å². The Balaban J connectivity index is 1.63. The highest BCUT2D eigenvalue weighted by Gasteiger charge is 2.31. The van der Waals surface area contributed by atoms with Crippen molar-refractivity contribution in [3.63, 3.8) is 0 Å². The van der Waals surface area contributed by atoms with Gasteiger partial charge in [0, 0.05) is 56.0 Å². The molecule has 1 aromatic rings. The van der Waals surface area contributed by atoms with E-state index in [1.54, 1.807) is 0 Å². The summed E-state index contributed by atoms with van der Waals surface area (Å²) in [6.07, 6.45) is 0.906. The van der Waals surface area contributed by atoms with Crippen molar-refractivity contribution in [2.24, 2.45) is 0 Å². The van der Waals surface area contributed by atoms with Crippen LogP contribution < -0.4 is 10.2 Å². The van der Waals surface area contributed by atoms with Gasteiger partial charge in [-0.25, -0.2) is 0 Å². The van der Waals surface area contributed by atoms with Gasteiger partial charge in [-0.05, 0) is 30.7 Å². The predicted molar refractivity (Wildman–Crippen MR) is 82.5 cm³/mol. The SMILES string of the molecule is OC1CNCC1N1CCCN(c2ccc(Cl)cc2)CC1. The lowest BCUT2D eigenvalue weighted by atomic mass is 10.2. The first-order valence-corrected chi connectivity index (χ1v) is 7.75. The molecule has 20 heavy (non-hydrogen) atoms. The summed E-state index contributed by atoms with van der Waals surface area (Å²) in [7, 11) is 0. The van der Waals surface area contributed by atoms with E-state index in [1.807, 2.05) is 12.1 Å². The first kappa shape index (κ1) is 14.1. The Labute approximate surface area is 125 Å².